The van der Waals surface area contributed by atoms with Gasteiger partial charge in [-0.05, 0) is 19.4 Å². The van der Waals surface area contributed by atoms with Gasteiger partial charge in [0.2, 0.25) is 5.88 Å². The zero-order chi connectivity index (χ0) is 11.8. The van der Waals surface area contributed by atoms with Gasteiger partial charge in [0.1, 0.15) is 12.1 Å². The second-order valence-corrected chi connectivity index (χ2v) is 3.63. The molecule has 0 bridgehead atoms. The van der Waals surface area contributed by atoms with Gasteiger partial charge in [0.25, 0.3) is 0 Å². The van der Waals surface area contributed by atoms with E-state index in [1.54, 1.807) is 0 Å². The molecule has 0 aliphatic heterocycles. The van der Waals surface area contributed by atoms with Crippen molar-refractivity contribution in [3.63, 3.8) is 0 Å². The molecule has 0 saturated heterocycles. The van der Waals surface area contributed by atoms with Crippen LogP contribution in [-0.4, -0.2) is 36.7 Å². The maximum absolute atomic E-state index is 5.47. The highest BCUT2D eigenvalue weighted by Crippen LogP contribution is 2.14. The second kappa shape index (κ2) is 7.00. The molecule has 0 aliphatic carbocycles. The lowest BCUT2D eigenvalue weighted by molar-refractivity contribution is 0.304. The van der Waals surface area contributed by atoms with E-state index < -0.39 is 0 Å². The number of rotatable bonds is 7. The number of ether oxygens (including phenoxy) is 1. The molecular weight excluding hydrogens is 204 g/mol. The van der Waals surface area contributed by atoms with Crippen LogP contribution in [0.25, 0.3) is 0 Å². The molecule has 1 aromatic rings. The van der Waals surface area contributed by atoms with Crippen molar-refractivity contribution in [2.45, 2.75) is 19.8 Å². The molecule has 0 saturated carbocycles. The Kier molecular flexibility index (Phi) is 5.56. The quantitative estimate of drug-likeness (QED) is 0.750. The Bertz CT molecular complexity index is 306. The molecule has 5 nitrogen and oxygen atoms in total. The Hall–Kier alpha value is -1.36. The topological polar surface area (TPSA) is 64.3 Å². The van der Waals surface area contributed by atoms with E-state index in [1.807, 2.05) is 18.0 Å². The summed E-state index contributed by atoms with van der Waals surface area (Å²) in [6, 6.07) is 1.85. The highest BCUT2D eigenvalue weighted by molar-refractivity contribution is 5.39. The van der Waals surface area contributed by atoms with Gasteiger partial charge in [0.15, 0.2) is 0 Å². The lowest BCUT2D eigenvalue weighted by atomic mass is 10.4. The Morgan fingerprint density at radius 1 is 1.44 bits per heavy atom. The molecule has 1 rings (SSSR count). The minimum absolute atomic E-state index is 0.631. The third kappa shape index (κ3) is 4.02. The van der Waals surface area contributed by atoms with Crippen molar-refractivity contribution in [2.75, 3.05) is 31.6 Å². The van der Waals surface area contributed by atoms with Gasteiger partial charge in [0, 0.05) is 19.7 Å². The zero-order valence-electron chi connectivity index (χ0n) is 10.0. The number of anilines is 1. The maximum atomic E-state index is 5.47. The lowest BCUT2D eigenvalue weighted by Gasteiger charge is -2.17. The van der Waals surface area contributed by atoms with Crippen molar-refractivity contribution in [2.24, 2.45) is 5.73 Å². The Morgan fingerprint density at radius 3 is 2.94 bits per heavy atom. The van der Waals surface area contributed by atoms with Crippen molar-refractivity contribution >= 4 is 5.82 Å². The van der Waals surface area contributed by atoms with Crippen LogP contribution in [0.2, 0.25) is 0 Å². The van der Waals surface area contributed by atoms with Gasteiger partial charge in [-0.25, -0.2) is 9.97 Å². The first-order chi connectivity index (χ1) is 7.77. The Morgan fingerprint density at radius 2 is 2.25 bits per heavy atom. The Labute approximate surface area is 96.6 Å². The van der Waals surface area contributed by atoms with Crippen molar-refractivity contribution < 1.29 is 4.74 Å². The summed E-state index contributed by atoms with van der Waals surface area (Å²) in [6.07, 6.45) is 3.45. The molecule has 0 amide bonds. The van der Waals surface area contributed by atoms with Crippen molar-refractivity contribution in [1.29, 1.82) is 0 Å². The van der Waals surface area contributed by atoms with Gasteiger partial charge in [-0.3, -0.25) is 0 Å². The third-order valence-electron chi connectivity index (χ3n) is 2.17. The van der Waals surface area contributed by atoms with Gasteiger partial charge in [0.05, 0.1) is 6.61 Å². The van der Waals surface area contributed by atoms with Gasteiger partial charge >= 0.3 is 0 Å². The minimum Gasteiger partial charge on any atom is -0.478 e. The normalized spacial score (nSPS) is 10.2. The lowest BCUT2D eigenvalue weighted by Crippen LogP contribution is -2.22. The molecule has 2 N–H and O–H groups in total. The molecular formula is C11H20N4O. The molecule has 5 heteroatoms. The molecule has 90 valence electrons. The standard InChI is InChI=1S/C11H20N4O/c1-3-7-16-11-8-10(13-9-14-11)15(2)6-4-5-12/h8-9H,3-7,12H2,1-2H3. The molecule has 0 atom stereocenters. The second-order valence-electron chi connectivity index (χ2n) is 3.63. The molecule has 0 aliphatic rings. The molecule has 0 spiro atoms. The van der Waals surface area contributed by atoms with Crippen LogP contribution in [0, 0.1) is 0 Å². The smallest absolute Gasteiger partial charge is 0.218 e. The van der Waals surface area contributed by atoms with Crippen molar-refractivity contribution in [1.82, 2.24) is 9.97 Å². The van der Waals surface area contributed by atoms with E-state index in [-0.39, 0.29) is 0 Å². The number of hydrogen-bond donors (Lipinski definition) is 1. The molecule has 1 aromatic heterocycles. The van der Waals surface area contributed by atoms with E-state index in [2.05, 4.69) is 16.9 Å². The fraction of sp³-hybridized carbons (Fsp3) is 0.636. The zero-order valence-corrected chi connectivity index (χ0v) is 10.0. The van der Waals surface area contributed by atoms with Gasteiger partial charge in [-0.15, -0.1) is 0 Å². The molecule has 1 heterocycles. The third-order valence-corrected chi connectivity index (χ3v) is 2.17. The van der Waals surface area contributed by atoms with E-state index in [4.69, 9.17) is 10.5 Å². The van der Waals surface area contributed by atoms with Gasteiger partial charge in [-0.1, -0.05) is 6.92 Å². The first-order valence-corrected chi connectivity index (χ1v) is 5.64. The number of hydrogen-bond acceptors (Lipinski definition) is 5. The van der Waals surface area contributed by atoms with Crippen LogP contribution in [0.1, 0.15) is 19.8 Å². The van der Waals surface area contributed by atoms with E-state index in [9.17, 15) is 0 Å². The van der Waals surface area contributed by atoms with Gasteiger partial charge < -0.3 is 15.4 Å². The van der Waals surface area contributed by atoms with E-state index in [1.165, 1.54) is 6.33 Å². The predicted octanol–water partition coefficient (Wildman–Crippen LogP) is 1.05. The summed E-state index contributed by atoms with van der Waals surface area (Å²) >= 11 is 0. The van der Waals surface area contributed by atoms with Crippen LogP contribution in [0.15, 0.2) is 12.4 Å². The van der Waals surface area contributed by atoms with Gasteiger partial charge in [-0.2, -0.15) is 0 Å². The summed E-state index contributed by atoms with van der Waals surface area (Å²) in [6.45, 7) is 4.33. The average Bonchev–Trinajstić information content (AvgIpc) is 2.33. The SMILES string of the molecule is CCCOc1cc(N(C)CCCN)ncn1. The highest BCUT2D eigenvalue weighted by Gasteiger charge is 2.04. The number of nitrogens with two attached hydrogens (primary N) is 1. The predicted molar refractivity (Wildman–Crippen MR) is 64.8 cm³/mol. The Balaban J connectivity index is 2.58. The van der Waals surface area contributed by atoms with Crippen LogP contribution < -0.4 is 15.4 Å². The largest absolute Gasteiger partial charge is 0.478 e. The average molecular weight is 224 g/mol. The number of aromatic nitrogens is 2. The molecule has 0 unspecified atom stereocenters. The van der Waals surface area contributed by atoms with E-state index in [0.29, 0.717) is 19.0 Å². The molecule has 16 heavy (non-hydrogen) atoms. The number of nitrogens with zero attached hydrogens (tertiary/aromatic N) is 3. The summed E-state index contributed by atoms with van der Waals surface area (Å²) in [5, 5.41) is 0. The van der Waals surface area contributed by atoms with Crippen molar-refractivity contribution in [3.05, 3.63) is 12.4 Å². The first-order valence-electron chi connectivity index (χ1n) is 5.64. The van der Waals surface area contributed by atoms with Crippen LogP contribution in [0.4, 0.5) is 5.82 Å². The molecule has 0 radical (unpaired) electrons. The first kappa shape index (κ1) is 12.7. The van der Waals surface area contributed by atoms with Crippen molar-refractivity contribution in [3.8, 4) is 5.88 Å². The van der Waals surface area contributed by atoms with Crippen LogP contribution in [0.3, 0.4) is 0 Å². The van der Waals surface area contributed by atoms with E-state index >= 15 is 0 Å². The fourth-order valence-electron chi connectivity index (χ4n) is 1.27. The summed E-state index contributed by atoms with van der Waals surface area (Å²) in [4.78, 5) is 10.3. The summed E-state index contributed by atoms with van der Waals surface area (Å²) < 4.78 is 5.45. The maximum Gasteiger partial charge on any atom is 0.218 e. The summed E-state index contributed by atoms with van der Waals surface area (Å²) in [5.74, 6) is 1.50. The highest BCUT2D eigenvalue weighted by atomic mass is 16.5. The summed E-state index contributed by atoms with van der Waals surface area (Å²) in [7, 11) is 1.99. The monoisotopic (exact) mass is 224 g/mol. The summed E-state index contributed by atoms with van der Waals surface area (Å²) in [5.41, 5.74) is 5.47. The van der Waals surface area contributed by atoms with E-state index in [0.717, 1.165) is 25.2 Å². The molecule has 0 aromatic carbocycles. The van der Waals surface area contributed by atoms with Crippen LogP contribution in [0.5, 0.6) is 5.88 Å². The van der Waals surface area contributed by atoms with Crippen LogP contribution in [-0.2, 0) is 0 Å². The molecule has 0 fully saturated rings. The van der Waals surface area contributed by atoms with Crippen LogP contribution >= 0.6 is 0 Å². The fourth-order valence-corrected chi connectivity index (χ4v) is 1.27. The minimum atomic E-state index is 0.631.